The fourth-order valence-corrected chi connectivity index (χ4v) is 8.01. The second-order valence-corrected chi connectivity index (χ2v) is 13.0. The van der Waals surface area contributed by atoms with Gasteiger partial charge in [0.15, 0.2) is 5.58 Å². The van der Waals surface area contributed by atoms with Crippen molar-refractivity contribution in [3.8, 4) is 33.7 Å². The Kier molecular flexibility index (Phi) is 5.67. The third-order valence-electron chi connectivity index (χ3n) is 10.3. The standard InChI is InChI=1S/C47H27NO2/c1-2-10-30(11-3-1)47-48-40-25-23-29-20-18-28-19-21-31(26-39(28)45(29)46(40)50-47)43-35-13-4-6-15-37(35)44(38-16-7-5-14-36(38)43)32-22-24-34-33-12-8-9-17-41(33)49-42(34)27-32/h1-27H. The van der Waals surface area contributed by atoms with Crippen LogP contribution in [-0.4, -0.2) is 4.98 Å². The van der Waals surface area contributed by atoms with Crippen LogP contribution in [0.15, 0.2) is 173 Å². The van der Waals surface area contributed by atoms with Crippen LogP contribution in [0.25, 0.3) is 110 Å². The molecule has 2 heterocycles. The first-order valence-corrected chi connectivity index (χ1v) is 17.0. The summed E-state index contributed by atoms with van der Waals surface area (Å²) in [4.78, 5) is 4.90. The molecule has 0 unspecified atom stereocenters. The van der Waals surface area contributed by atoms with Crippen molar-refractivity contribution >= 4 is 76.1 Å². The van der Waals surface area contributed by atoms with Gasteiger partial charge >= 0.3 is 0 Å². The second-order valence-electron chi connectivity index (χ2n) is 13.0. The van der Waals surface area contributed by atoms with Crippen LogP contribution in [0.2, 0.25) is 0 Å². The van der Waals surface area contributed by atoms with Crippen molar-refractivity contribution in [2.75, 3.05) is 0 Å². The molecule has 0 aliphatic heterocycles. The molecule has 3 nitrogen and oxygen atoms in total. The summed E-state index contributed by atoms with van der Waals surface area (Å²) < 4.78 is 12.9. The van der Waals surface area contributed by atoms with Crippen molar-refractivity contribution in [1.29, 1.82) is 0 Å². The van der Waals surface area contributed by atoms with Crippen LogP contribution in [0.3, 0.4) is 0 Å². The highest BCUT2D eigenvalue weighted by atomic mass is 16.3. The van der Waals surface area contributed by atoms with Gasteiger partial charge in [0.2, 0.25) is 5.89 Å². The molecule has 0 spiro atoms. The molecule has 0 atom stereocenters. The van der Waals surface area contributed by atoms with E-state index in [0.29, 0.717) is 5.89 Å². The van der Waals surface area contributed by atoms with Gasteiger partial charge in [0.25, 0.3) is 0 Å². The van der Waals surface area contributed by atoms with Crippen LogP contribution >= 0.6 is 0 Å². The summed E-state index contributed by atoms with van der Waals surface area (Å²) in [6.07, 6.45) is 0. The molecule has 0 saturated carbocycles. The van der Waals surface area contributed by atoms with Gasteiger partial charge in [-0.3, -0.25) is 0 Å². The molecule has 0 N–H and O–H groups in total. The van der Waals surface area contributed by atoms with E-state index in [1.165, 1.54) is 32.7 Å². The van der Waals surface area contributed by atoms with Crippen LogP contribution in [0.4, 0.5) is 0 Å². The molecule has 0 aliphatic rings. The van der Waals surface area contributed by atoms with E-state index in [1.807, 2.05) is 42.5 Å². The number of benzene rings is 9. The number of nitrogens with zero attached hydrogens (tertiary/aromatic N) is 1. The zero-order valence-corrected chi connectivity index (χ0v) is 26.9. The first-order chi connectivity index (χ1) is 24.8. The van der Waals surface area contributed by atoms with Crippen LogP contribution < -0.4 is 0 Å². The quantitative estimate of drug-likeness (QED) is 0.143. The molecule has 2 aromatic heterocycles. The van der Waals surface area contributed by atoms with E-state index in [-0.39, 0.29) is 0 Å². The molecule has 11 aromatic rings. The summed E-state index contributed by atoms with van der Waals surface area (Å²) in [5, 5.41) is 11.6. The van der Waals surface area contributed by atoms with E-state index in [9.17, 15) is 0 Å². The zero-order valence-electron chi connectivity index (χ0n) is 26.9. The summed E-state index contributed by atoms with van der Waals surface area (Å²) >= 11 is 0. The lowest BCUT2D eigenvalue weighted by Gasteiger charge is -2.18. The molecular weight excluding hydrogens is 611 g/mol. The summed E-state index contributed by atoms with van der Waals surface area (Å²) in [7, 11) is 0. The number of fused-ring (bicyclic) bond motifs is 10. The van der Waals surface area contributed by atoms with Crippen LogP contribution in [0.1, 0.15) is 0 Å². The smallest absolute Gasteiger partial charge is 0.227 e. The van der Waals surface area contributed by atoms with Gasteiger partial charge in [-0.15, -0.1) is 0 Å². The third kappa shape index (κ3) is 3.95. The first-order valence-electron chi connectivity index (χ1n) is 17.0. The predicted molar refractivity (Wildman–Crippen MR) is 208 cm³/mol. The topological polar surface area (TPSA) is 39.2 Å². The van der Waals surface area contributed by atoms with Gasteiger partial charge in [0, 0.05) is 21.7 Å². The van der Waals surface area contributed by atoms with Crippen molar-refractivity contribution in [2.45, 2.75) is 0 Å². The lowest BCUT2D eigenvalue weighted by Crippen LogP contribution is -1.91. The van der Waals surface area contributed by atoms with E-state index in [4.69, 9.17) is 13.8 Å². The molecule has 232 valence electrons. The van der Waals surface area contributed by atoms with Crippen LogP contribution in [0, 0.1) is 0 Å². The lowest BCUT2D eigenvalue weighted by molar-refractivity contribution is 0.623. The number of aromatic nitrogens is 1. The number of furan rings is 1. The Labute approximate surface area is 286 Å². The third-order valence-corrected chi connectivity index (χ3v) is 10.3. The summed E-state index contributed by atoms with van der Waals surface area (Å²) in [5.41, 5.74) is 9.19. The minimum atomic E-state index is 0.634. The molecule has 9 aromatic carbocycles. The van der Waals surface area contributed by atoms with Gasteiger partial charge in [-0.25, -0.2) is 4.98 Å². The van der Waals surface area contributed by atoms with E-state index >= 15 is 0 Å². The Hall–Kier alpha value is -6.71. The molecule has 11 rings (SSSR count). The molecule has 0 bridgehead atoms. The maximum absolute atomic E-state index is 6.56. The van der Waals surface area contributed by atoms with Gasteiger partial charge in [-0.2, -0.15) is 0 Å². The SMILES string of the molecule is c1ccc(-c2nc3ccc4ccc5ccc(-c6c7ccccc7c(-c7ccc8c(c7)oc7ccccc78)c7ccccc67)cc5c4c3o2)cc1. The number of hydrogen-bond acceptors (Lipinski definition) is 3. The second kappa shape index (κ2) is 10.4. The molecule has 0 aliphatic carbocycles. The van der Waals surface area contributed by atoms with Crippen molar-refractivity contribution < 1.29 is 8.83 Å². The largest absolute Gasteiger partial charge is 0.456 e. The van der Waals surface area contributed by atoms with E-state index in [1.54, 1.807) is 0 Å². The Morgan fingerprint density at radius 3 is 1.66 bits per heavy atom. The van der Waals surface area contributed by atoms with E-state index in [0.717, 1.165) is 71.3 Å². The normalized spacial score (nSPS) is 12.0. The molecule has 50 heavy (non-hydrogen) atoms. The van der Waals surface area contributed by atoms with E-state index in [2.05, 4.69) is 121 Å². The maximum Gasteiger partial charge on any atom is 0.227 e. The van der Waals surface area contributed by atoms with Crippen molar-refractivity contribution in [2.24, 2.45) is 0 Å². The number of rotatable bonds is 3. The summed E-state index contributed by atoms with van der Waals surface area (Å²) in [5.74, 6) is 0.634. The van der Waals surface area contributed by atoms with Gasteiger partial charge in [0.05, 0.1) is 0 Å². The monoisotopic (exact) mass is 637 g/mol. The molecule has 0 amide bonds. The highest BCUT2D eigenvalue weighted by molar-refractivity contribution is 6.24. The van der Waals surface area contributed by atoms with Gasteiger partial charge < -0.3 is 8.83 Å². The fourth-order valence-electron chi connectivity index (χ4n) is 8.01. The highest BCUT2D eigenvalue weighted by Gasteiger charge is 2.19. The van der Waals surface area contributed by atoms with Crippen molar-refractivity contribution in [3.63, 3.8) is 0 Å². The van der Waals surface area contributed by atoms with E-state index < -0.39 is 0 Å². The molecular formula is C47H27NO2. The summed E-state index contributed by atoms with van der Waals surface area (Å²) in [6.45, 7) is 0. The Morgan fingerprint density at radius 2 is 0.920 bits per heavy atom. The average molecular weight is 638 g/mol. The average Bonchev–Trinajstić information content (AvgIpc) is 3.78. The minimum Gasteiger partial charge on any atom is -0.456 e. The first kappa shape index (κ1) is 27.3. The van der Waals surface area contributed by atoms with Gasteiger partial charge in [-0.1, -0.05) is 121 Å². The van der Waals surface area contributed by atoms with Crippen LogP contribution in [-0.2, 0) is 0 Å². The van der Waals surface area contributed by atoms with Crippen LogP contribution in [0.5, 0.6) is 0 Å². The predicted octanol–water partition coefficient (Wildman–Crippen LogP) is 13.3. The molecule has 0 saturated heterocycles. The summed E-state index contributed by atoms with van der Waals surface area (Å²) in [6, 6.07) is 58.1. The molecule has 0 radical (unpaired) electrons. The Morgan fingerprint density at radius 1 is 0.360 bits per heavy atom. The number of hydrogen-bond donors (Lipinski definition) is 0. The highest BCUT2D eigenvalue weighted by Crippen LogP contribution is 2.46. The molecule has 0 fully saturated rings. The number of para-hydroxylation sites is 1. The van der Waals surface area contributed by atoms with Crippen molar-refractivity contribution in [3.05, 3.63) is 164 Å². The van der Waals surface area contributed by atoms with Gasteiger partial charge in [-0.05, 0) is 102 Å². The molecule has 3 heteroatoms. The van der Waals surface area contributed by atoms with Gasteiger partial charge in [0.1, 0.15) is 16.7 Å². The number of oxazole rings is 1. The lowest BCUT2D eigenvalue weighted by atomic mass is 9.85. The zero-order chi connectivity index (χ0) is 32.8. The Balaban J connectivity index is 1.18. The maximum atomic E-state index is 6.56. The Bertz CT molecular complexity index is 3090. The van der Waals surface area contributed by atoms with Crippen molar-refractivity contribution in [1.82, 2.24) is 4.98 Å². The fraction of sp³-hybridized carbons (Fsp3) is 0. The minimum absolute atomic E-state index is 0.634.